The first kappa shape index (κ1) is 16.4. The summed E-state index contributed by atoms with van der Waals surface area (Å²) >= 11 is 0. The van der Waals surface area contributed by atoms with Crippen LogP contribution in [0.3, 0.4) is 0 Å². The first-order valence-corrected chi connectivity index (χ1v) is 7.81. The van der Waals surface area contributed by atoms with E-state index in [2.05, 4.69) is 23.6 Å². The minimum atomic E-state index is -0.688. The van der Waals surface area contributed by atoms with Crippen molar-refractivity contribution in [3.63, 3.8) is 0 Å². The van der Waals surface area contributed by atoms with Gasteiger partial charge < -0.3 is 10.0 Å². The molecule has 0 bridgehead atoms. The number of piperazine rings is 1. The van der Waals surface area contributed by atoms with Crippen molar-refractivity contribution in [2.75, 3.05) is 32.7 Å². The molecule has 0 aromatic heterocycles. The lowest BCUT2D eigenvalue weighted by Crippen LogP contribution is -2.49. The van der Waals surface area contributed by atoms with Crippen molar-refractivity contribution in [1.29, 1.82) is 0 Å². The Bertz CT molecular complexity index is 251. The van der Waals surface area contributed by atoms with Crippen molar-refractivity contribution in [1.82, 2.24) is 9.80 Å². The fourth-order valence-corrected chi connectivity index (χ4v) is 2.73. The molecule has 1 aliphatic heterocycles. The lowest BCUT2D eigenvalue weighted by molar-refractivity contribution is -0.137. The van der Waals surface area contributed by atoms with E-state index in [-0.39, 0.29) is 6.42 Å². The Morgan fingerprint density at radius 2 is 1.84 bits per heavy atom. The third-order valence-electron chi connectivity index (χ3n) is 4.15. The first-order chi connectivity index (χ1) is 9.13. The van der Waals surface area contributed by atoms with Gasteiger partial charge in [0, 0.05) is 38.8 Å². The second kappa shape index (κ2) is 9.32. The van der Waals surface area contributed by atoms with Gasteiger partial charge in [-0.15, -0.1) is 0 Å². The zero-order valence-electron chi connectivity index (χ0n) is 12.6. The third-order valence-corrected chi connectivity index (χ3v) is 4.15. The molecule has 1 saturated heterocycles. The number of hydrogen-bond acceptors (Lipinski definition) is 3. The highest BCUT2D eigenvalue weighted by molar-refractivity contribution is 5.66. The van der Waals surface area contributed by atoms with E-state index < -0.39 is 5.97 Å². The summed E-state index contributed by atoms with van der Waals surface area (Å²) in [6, 6.07) is 0.679. The van der Waals surface area contributed by atoms with Crippen LogP contribution in [0.5, 0.6) is 0 Å². The molecule has 0 aromatic rings. The Morgan fingerprint density at radius 3 is 2.42 bits per heavy atom. The highest BCUT2D eigenvalue weighted by atomic mass is 16.4. The zero-order chi connectivity index (χ0) is 14.1. The van der Waals surface area contributed by atoms with Gasteiger partial charge in [0.1, 0.15) is 0 Å². The molecule has 0 amide bonds. The molecular weight excluding hydrogens is 240 g/mol. The second-order valence-corrected chi connectivity index (χ2v) is 5.72. The number of rotatable bonds is 9. The normalized spacial score (nSPS) is 19.5. The summed E-state index contributed by atoms with van der Waals surface area (Å²) in [5.41, 5.74) is 0. The molecule has 0 radical (unpaired) electrons. The Kier molecular flexibility index (Phi) is 8.07. The minimum absolute atomic E-state index is 0.270. The van der Waals surface area contributed by atoms with Gasteiger partial charge in [-0.25, -0.2) is 0 Å². The molecule has 1 heterocycles. The number of aliphatic carboxylic acids is 1. The quantitative estimate of drug-likeness (QED) is 0.654. The molecule has 1 atom stereocenters. The van der Waals surface area contributed by atoms with Crippen LogP contribution >= 0.6 is 0 Å². The molecule has 1 fully saturated rings. The maximum absolute atomic E-state index is 10.5. The molecule has 0 aromatic carbocycles. The van der Waals surface area contributed by atoms with Gasteiger partial charge in [0.2, 0.25) is 0 Å². The number of carbonyl (C=O) groups is 1. The van der Waals surface area contributed by atoms with E-state index in [1.54, 1.807) is 0 Å². The Balaban J connectivity index is 2.12. The van der Waals surface area contributed by atoms with E-state index in [9.17, 15) is 4.79 Å². The average molecular weight is 270 g/mol. The second-order valence-electron chi connectivity index (χ2n) is 5.72. The maximum Gasteiger partial charge on any atom is 0.304 e. The lowest BCUT2D eigenvalue weighted by Gasteiger charge is -2.38. The Morgan fingerprint density at radius 1 is 1.16 bits per heavy atom. The largest absolute Gasteiger partial charge is 0.481 e. The third kappa shape index (κ3) is 6.92. The molecule has 0 saturated carbocycles. The van der Waals surface area contributed by atoms with Crippen LogP contribution in [-0.4, -0.2) is 59.6 Å². The van der Waals surface area contributed by atoms with Crippen LogP contribution in [0, 0.1) is 0 Å². The molecule has 4 heteroatoms. The average Bonchev–Trinajstić information content (AvgIpc) is 2.41. The maximum atomic E-state index is 10.5. The van der Waals surface area contributed by atoms with Crippen LogP contribution in [0.15, 0.2) is 0 Å². The Labute approximate surface area is 117 Å². The van der Waals surface area contributed by atoms with Crippen LogP contribution in [0.4, 0.5) is 0 Å². The molecule has 19 heavy (non-hydrogen) atoms. The van der Waals surface area contributed by atoms with Gasteiger partial charge in [0.25, 0.3) is 0 Å². The van der Waals surface area contributed by atoms with Crippen LogP contribution in [-0.2, 0) is 4.79 Å². The van der Waals surface area contributed by atoms with Gasteiger partial charge in [-0.2, -0.15) is 0 Å². The van der Waals surface area contributed by atoms with E-state index in [0.717, 1.165) is 26.2 Å². The number of carboxylic acids is 1. The summed E-state index contributed by atoms with van der Waals surface area (Å²) in [6.07, 6.45) is 6.93. The van der Waals surface area contributed by atoms with Gasteiger partial charge in [-0.05, 0) is 13.3 Å². The number of hydrogen-bond donors (Lipinski definition) is 1. The Hall–Kier alpha value is -0.610. The molecular formula is C15H30N2O2. The molecule has 0 aliphatic carbocycles. The fraction of sp³-hybridized carbons (Fsp3) is 0.933. The van der Waals surface area contributed by atoms with Gasteiger partial charge in [0.05, 0.1) is 6.42 Å². The molecule has 1 N–H and O–H groups in total. The molecule has 1 rings (SSSR count). The highest BCUT2D eigenvalue weighted by Gasteiger charge is 2.20. The predicted molar refractivity (Wildman–Crippen MR) is 78.5 cm³/mol. The zero-order valence-corrected chi connectivity index (χ0v) is 12.6. The smallest absolute Gasteiger partial charge is 0.304 e. The molecule has 0 spiro atoms. The topological polar surface area (TPSA) is 43.8 Å². The number of unbranched alkanes of at least 4 members (excludes halogenated alkanes) is 3. The van der Waals surface area contributed by atoms with Gasteiger partial charge in [-0.3, -0.25) is 9.69 Å². The summed E-state index contributed by atoms with van der Waals surface area (Å²) in [5, 5.41) is 8.69. The monoisotopic (exact) mass is 270 g/mol. The van der Waals surface area contributed by atoms with E-state index in [4.69, 9.17) is 5.11 Å². The summed E-state index contributed by atoms with van der Waals surface area (Å²) < 4.78 is 0. The van der Waals surface area contributed by atoms with Gasteiger partial charge in [0.15, 0.2) is 0 Å². The highest BCUT2D eigenvalue weighted by Crippen LogP contribution is 2.13. The minimum Gasteiger partial charge on any atom is -0.481 e. The molecule has 112 valence electrons. The molecule has 1 unspecified atom stereocenters. The van der Waals surface area contributed by atoms with E-state index in [1.807, 2.05) is 0 Å². The predicted octanol–water partition coefficient (Wildman–Crippen LogP) is 2.44. The number of nitrogens with zero attached hydrogens (tertiary/aromatic N) is 2. The van der Waals surface area contributed by atoms with Crippen LogP contribution < -0.4 is 0 Å². The summed E-state index contributed by atoms with van der Waals surface area (Å²) in [7, 11) is 0. The lowest BCUT2D eigenvalue weighted by atomic mass is 10.1. The summed E-state index contributed by atoms with van der Waals surface area (Å²) in [6.45, 7) is 9.51. The van der Waals surface area contributed by atoms with Crippen molar-refractivity contribution in [3.8, 4) is 0 Å². The van der Waals surface area contributed by atoms with Crippen molar-refractivity contribution in [3.05, 3.63) is 0 Å². The van der Waals surface area contributed by atoms with E-state index in [0.29, 0.717) is 12.6 Å². The SMILES string of the molecule is CCCCCCC(C)N1CCN(CCC(=O)O)CC1. The van der Waals surface area contributed by atoms with Crippen LogP contribution in [0.25, 0.3) is 0 Å². The van der Waals surface area contributed by atoms with Crippen molar-refractivity contribution >= 4 is 5.97 Å². The van der Waals surface area contributed by atoms with Crippen molar-refractivity contribution in [2.24, 2.45) is 0 Å². The first-order valence-electron chi connectivity index (χ1n) is 7.81. The van der Waals surface area contributed by atoms with Crippen molar-refractivity contribution in [2.45, 2.75) is 58.4 Å². The van der Waals surface area contributed by atoms with E-state index >= 15 is 0 Å². The van der Waals surface area contributed by atoms with Crippen LogP contribution in [0.2, 0.25) is 0 Å². The van der Waals surface area contributed by atoms with E-state index in [1.165, 1.54) is 32.1 Å². The van der Waals surface area contributed by atoms with Gasteiger partial charge in [-0.1, -0.05) is 32.6 Å². The fourth-order valence-electron chi connectivity index (χ4n) is 2.73. The summed E-state index contributed by atoms with van der Waals surface area (Å²) in [4.78, 5) is 15.4. The van der Waals surface area contributed by atoms with Crippen LogP contribution in [0.1, 0.15) is 52.4 Å². The molecule has 4 nitrogen and oxygen atoms in total. The molecule has 1 aliphatic rings. The standard InChI is InChI=1S/C15H30N2O2/c1-3-4-5-6-7-14(2)17-12-10-16(11-13-17)9-8-15(18)19/h14H,3-13H2,1-2H3,(H,18,19). The van der Waals surface area contributed by atoms with Gasteiger partial charge >= 0.3 is 5.97 Å². The van der Waals surface area contributed by atoms with Crippen molar-refractivity contribution < 1.29 is 9.90 Å². The number of carboxylic acid groups (broad SMARTS) is 1. The summed E-state index contributed by atoms with van der Waals surface area (Å²) in [5.74, 6) is -0.688.